The quantitative estimate of drug-likeness (QED) is 0.486. The second kappa shape index (κ2) is 5.64. The van der Waals surface area contributed by atoms with Crippen molar-refractivity contribution in [3.05, 3.63) is 34.1 Å². The minimum atomic E-state index is -1.35. The largest absolute Gasteiger partial charge is 0.459 e. The maximum atomic E-state index is 13.3. The molecule has 0 aliphatic heterocycles. The van der Waals surface area contributed by atoms with Gasteiger partial charge in [-0.25, -0.2) is 9.18 Å². The second-order valence-electron chi connectivity index (χ2n) is 2.83. The van der Waals surface area contributed by atoms with Gasteiger partial charge in [0.25, 0.3) is 0 Å². The standard InChI is InChI=1S/C11H8BrFO3/c1-16-11(15)5-4-10(14)8-3-2-7(12)6-9(8)13/h2-3,6,10,14H,1H3. The third kappa shape index (κ3) is 3.33. The molecule has 0 amide bonds. The van der Waals surface area contributed by atoms with Crippen molar-refractivity contribution in [3.8, 4) is 11.8 Å². The molecule has 1 aromatic rings. The Kier molecular flexibility index (Phi) is 4.47. The van der Waals surface area contributed by atoms with Gasteiger partial charge in [-0.15, -0.1) is 0 Å². The van der Waals surface area contributed by atoms with Crippen LogP contribution in [0.3, 0.4) is 0 Å². The normalized spacial score (nSPS) is 11.2. The predicted octanol–water partition coefficient (Wildman–Crippen LogP) is 1.80. The number of carbonyl (C=O) groups excluding carboxylic acids is 1. The first-order chi connectivity index (χ1) is 7.54. The number of carbonyl (C=O) groups is 1. The Morgan fingerprint density at radius 2 is 2.31 bits per heavy atom. The summed E-state index contributed by atoms with van der Waals surface area (Å²) in [5.74, 6) is 2.84. The molecule has 0 saturated heterocycles. The summed E-state index contributed by atoms with van der Waals surface area (Å²) in [7, 11) is 1.17. The van der Waals surface area contributed by atoms with Gasteiger partial charge in [-0.05, 0) is 12.1 Å². The number of ether oxygens (including phenoxy) is 1. The molecular formula is C11H8BrFO3. The lowest BCUT2D eigenvalue weighted by atomic mass is 10.1. The summed E-state index contributed by atoms with van der Waals surface area (Å²) in [5, 5.41) is 9.50. The zero-order valence-electron chi connectivity index (χ0n) is 8.33. The van der Waals surface area contributed by atoms with Crippen molar-refractivity contribution >= 4 is 21.9 Å². The maximum Gasteiger partial charge on any atom is 0.384 e. The SMILES string of the molecule is COC(=O)C#CC(O)c1ccc(Br)cc1F. The minimum Gasteiger partial charge on any atom is -0.459 e. The summed E-state index contributed by atoms with van der Waals surface area (Å²) in [4.78, 5) is 10.7. The lowest BCUT2D eigenvalue weighted by Gasteiger charge is -2.05. The number of aliphatic hydroxyl groups is 1. The molecule has 1 atom stereocenters. The summed E-state index contributed by atoms with van der Waals surface area (Å²) in [5.41, 5.74) is 0.0135. The van der Waals surface area contributed by atoms with E-state index in [1.54, 1.807) is 6.07 Å². The highest BCUT2D eigenvalue weighted by Crippen LogP contribution is 2.20. The Morgan fingerprint density at radius 3 is 2.88 bits per heavy atom. The van der Waals surface area contributed by atoms with E-state index in [2.05, 4.69) is 26.6 Å². The average Bonchev–Trinajstić information content (AvgIpc) is 2.25. The number of esters is 1. The highest BCUT2D eigenvalue weighted by Gasteiger charge is 2.10. The topological polar surface area (TPSA) is 46.5 Å². The van der Waals surface area contributed by atoms with Gasteiger partial charge < -0.3 is 9.84 Å². The van der Waals surface area contributed by atoms with Crippen LogP contribution in [0.2, 0.25) is 0 Å². The first-order valence-corrected chi connectivity index (χ1v) is 5.06. The van der Waals surface area contributed by atoms with E-state index < -0.39 is 17.9 Å². The van der Waals surface area contributed by atoms with Gasteiger partial charge >= 0.3 is 5.97 Å². The van der Waals surface area contributed by atoms with Crippen molar-refractivity contribution in [1.82, 2.24) is 0 Å². The third-order valence-electron chi connectivity index (χ3n) is 1.75. The summed E-state index contributed by atoms with van der Waals surface area (Å²) in [6.07, 6.45) is -1.35. The molecule has 0 spiro atoms. The molecule has 0 aliphatic rings. The van der Waals surface area contributed by atoms with Gasteiger partial charge in [0.2, 0.25) is 0 Å². The summed E-state index contributed by atoms with van der Waals surface area (Å²) < 4.78 is 18.2. The summed E-state index contributed by atoms with van der Waals surface area (Å²) >= 11 is 3.09. The van der Waals surface area contributed by atoms with Gasteiger partial charge in [-0.1, -0.05) is 27.9 Å². The van der Waals surface area contributed by atoms with E-state index in [4.69, 9.17) is 0 Å². The molecule has 84 valence electrons. The molecule has 1 unspecified atom stereocenters. The van der Waals surface area contributed by atoms with Crippen LogP contribution in [0.25, 0.3) is 0 Å². The van der Waals surface area contributed by atoms with Crippen LogP contribution in [0.4, 0.5) is 4.39 Å². The molecule has 1 aromatic carbocycles. The summed E-state index contributed by atoms with van der Waals surface area (Å²) in [6.45, 7) is 0. The van der Waals surface area contributed by atoms with E-state index in [0.717, 1.165) is 0 Å². The zero-order chi connectivity index (χ0) is 12.1. The number of benzene rings is 1. The van der Waals surface area contributed by atoms with Crippen molar-refractivity contribution < 1.29 is 19.0 Å². The Bertz CT molecular complexity index is 462. The van der Waals surface area contributed by atoms with E-state index >= 15 is 0 Å². The molecule has 0 aliphatic carbocycles. The van der Waals surface area contributed by atoms with Crippen molar-refractivity contribution in [2.45, 2.75) is 6.10 Å². The molecular weight excluding hydrogens is 279 g/mol. The number of aliphatic hydroxyl groups excluding tert-OH is 1. The van der Waals surface area contributed by atoms with Gasteiger partial charge in [0.05, 0.1) is 7.11 Å². The van der Waals surface area contributed by atoms with Gasteiger partial charge in [0, 0.05) is 16.0 Å². The van der Waals surface area contributed by atoms with Crippen LogP contribution in [0.5, 0.6) is 0 Å². The molecule has 0 aromatic heterocycles. The van der Waals surface area contributed by atoms with Crippen molar-refractivity contribution in [1.29, 1.82) is 0 Å². The molecule has 0 radical (unpaired) electrons. The van der Waals surface area contributed by atoms with Crippen LogP contribution in [0.15, 0.2) is 22.7 Å². The number of halogens is 2. The molecule has 0 fully saturated rings. The van der Waals surface area contributed by atoms with Gasteiger partial charge in [-0.2, -0.15) is 0 Å². The maximum absolute atomic E-state index is 13.3. The highest BCUT2D eigenvalue weighted by molar-refractivity contribution is 9.10. The number of rotatable bonds is 1. The number of hydrogen-bond donors (Lipinski definition) is 1. The minimum absolute atomic E-state index is 0.0135. The Labute approximate surface area is 100 Å². The molecule has 0 bridgehead atoms. The molecule has 3 nitrogen and oxygen atoms in total. The van der Waals surface area contributed by atoms with Gasteiger partial charge in [0.1, 0.15) is 11.9 Å². The monoisotopic (exact) mass is 286 g/mol. The van der Waals surface area contributed by atoms with E-state index in [1.807, 2.05) is 5.92 Å². The average molecular weight is 287 g/mol. The Balaban J connectivity index is 2.91. The second-order valence-corrected chi connectivity index (χ2v) is 3.74. The molecule has 5 heteroatoms. The van der Waals surface area contributed by atoms with Crippen LogP contribution in [-0.2, 0) is 9.53 Å². The fourth-order valence-electron chi connectivity index (χ4n) is 0.979. The molecule has 1 N–H and O–H groups in total. The van der Waals surface area contributed by atoms with Crippen molar-refractivity contribution in [2.75, 3.05) is 7.11 Å². The summed E-state index contributed by atoms with van der Waals surface area (Å²) in [6, 6.07) is 4.16. The van der Waals surface area contributed by atoms with Crippen LogP contribution in [-0.4, -0.2) is 18.2 Å². The van der Waals surface area contributed by atoms with E-state index in [0.29, 0.717) is 4.47 Å². The fourth-order valence-corrected chi connectivity index (χ4v) is 1.31. The van der Waals surface area contributed by atoms with Crippen LogP contribution >= 0.6 is 15.9 Å². The molecule has 0 saturated carbocycles. The van der Waals surface area contributed by atoms with Crippen LogP contribution in [0.1, 0.15) is 11.7 Å². The van der Waals surface area contributed by atoms with Gasteiger partial charge in [-0.3, -0.25) is 0 Å². The first-order valence-electron chi connectivity index (χ1n) is 4.27. The molecule has 16 heavy (non-hydrogen) atoms. The lowest BCUT2D eigenvalue weighted by Crippen LogP contribution is -2.00. The lowest BCUT2D eigenvalue weighted by molar-refractivity contribution is -0.133. The Morgan fingerprint density at radius 1 is 1.62 bits per heavy atom. The van der Waals surface area contributed by atoms with E-state index in [9.17, 15) is 14.3 Å². The highest BCUT2D eigenvalue weighted by atomic mass is 79.9. The smallest absolute Gasteiger partial charge is 0.384 e. The first kappa shape index (κ1) is 12.7. The molecule has 1 rings (SSSR count). The fraction of sp³-hybridized carbons (Fsp3) is 0.182. The molecule has 0 heterocycles. The third-order valence-corrected chi connectivity index (χ3v) is 2.25. The van der Waals surface area contributed by atoms with Crippen molar-refractivity contribution in [3.63, 3.8) is 0 Å². The number of hydrogen-bond acceptors (Lipinski definition) is 3. The van der Waals surface area contributed by atoms with Crippen molar-refractivity contribution in [2.24, 2.45) is 0 Å². The predicted molar refractivity (Wildman–Crippen MR) is 58.9 cm³/mol. The van der Waals surface area contributed by atoms with Gasteiger partial charge in [0.15, 0.2) is 0 Å². The van der Waals surface area contributed by atoms with E-state index in [1.165, 1.54) is 19.2 Å². The van der Waals surface area contributed by atoms with Crippen LogP contribution in [0, 0.1) is 17.7 Å². The van der Waals surface area contributed by atoms with Crippen LogP contribution < -0.4 is 0 Å². The number of methoxy groups -OCH3 is 1. The zero-order valence-corrected chi connectivity index (χ0v) is 9.92. The Hall–Kier alpha value is -1.38. The van der Waals surface area contributed by atoms with E-state index in [-0.39, 0.29) is 5.56 Å².